The molecule has 0 spiro atoms. The number of rotatable bonds is 27. The van der Waals surface area contributed by atoms with E-state index in [9.17, 15) is 78.9 Å². The Hall–Kier alpha value is -8.54. The van der Waals surface area contributed by atoms with Crippen molar-refractivity contribution in [1.82, 2.24) is 56.5 Å². The third kappa shape index (κ3) is 26.9. The molecule has 0 radical (unpaired) electrons. The largest absolute Gasteiger partial charge is 0.508 e. The molecule has 6 rings (SSSR count). The maximum Gasteiger partial charge on any atom is 0.328 e. The Morgan fingerprint density at radius 3 is 1.67 bits per heavy atom. The number of fused-ring (bicyclic) bond motifs is 1. The normalized spacial score (nSPS) is 22.0. The van der Waals surface area contributed by atoms with Crippen molar-refractivity contribution in [3.05, 3.63) is 102 Å². The number of H-pyrrole nitrogens is 1. The van der Waals surface area contributed by atoms with Gasteiger partial charge in [-0.05, 0) is 81.0 Å². The molecule has 0 bridgehead atoms. The second-order valence-electron chi connectivity index (χ2n) is 25.1. The lowest BCUT2D eigenvalue weighted by atomic mass is 9.94. The van der Waals surface area contributed by atoms with Gasteiger partial charge in [-0.1, -0.05) is 82.3 Å². The van der Waals surface area contributed by atoms with Crippen LogP contribution in [0.25, 0.3) is 10.9 Å². The number of carbonyl (C=O) groups is 12. The lowest BCUT2D eigenvalue weighted by Crippen LogP contribution is -2.59. The number of unbranched alkanes of at least 4 members (excludes halogenated alkanes) is 1. The van der Waals surface area contributed by atoms with E-state index >= 15 is 14.4 Å². The molecule has 100 heavy (non-hydrogen) atoms. The number of aromatic amines is 1. The van der Waals surface area contributed by atoms with E-state index in [0.717, 1.165) is 28.5 Å². The standard InChI is InChI=1S/C67H92N12O19S2/c1-40(80)60-55(84)32-46(63(93)75-61(41(2)81)67(97)98)39-100-99-38-45(31-54(83)51(28-42-10-4-3-5-11-42)70-56(85)34-76-20-22-77(35-57(86)87)24-26-79(37-59(90)91)27-25-78(23-21-76)36-58(88)89)62(92)72-52(29-43-15-17-47(82)18-16-43)65(95)73-53(30-44-33-69-49-13-7-6-12-48(44)49)66(96)71-50(64(94)74-60)14-8-9-19-68/h3-7,10-13,15-18,33,40-41,45-46,50-53,60-61,69,80-82H,8-9,14,19-32,34-39,68H2,1-2H3,(H,70,85)(H,71,96)(H,72,92)(H,73,95)(H,74,94)(H,75,93)(H,86,87)(H,88,89)(H,90,91)(H,97,98)/t40?,41-,45?,46?,50+,51?,52+,53?,60+,61?/m1/s1. The molecule has 33 heteroatoms. The van der Waals surface area contributed by atoms with Gasteiger partial charge in [-0.2, -0.15) is 0 Å². The van der Waals surface area contributed by atoms with Crippen molar-refractivity contribution in [2.45, 2.75) is 114 Å². The number of aliphatic hydroxyl groups is 2. The SMILES string of the molecule is CC(O)[C@@H]1NC(=O)[C@H](CCCCN)NC(=O)C(Cc2c[nH]c3ccccc23)NC(=O)[C@H](Cc2ccc(O)cc2)NC(=O)C(CC(=O)C(Cc2ccccc2)NC(=O)CN2CCN(CC(=O)O)CCN(CC(=O)O)CCN(CC(=O)O)CC2)CSSCC(C(=O)NC(C(=O)O)[C@@H](C)O)CC1=O. The van der Waals surface area contributed by atoms with Crippen LogP contribution >= 0.6 is 21.6 Å². The van der Waals surface area contributed by atoms with Gasteiger partial charge >= 0.3 is 23.9 Å². The number of aromatic nitrogens is 1. The maximum absolute atomic E-state index is 15.4. The molecule has 1 aromatic heterocycles. The second kappa shape index (κ2) is 40.6. The fourth-order valence-electron chi connectivity index (χ4n) is 11.6. The molecule has 10 atom stereocenters. The number of aliphatic carboxylic acids is 4. The predicted octanol–water partition coefficient (Wildman–Crippen LogP) is -1.19. The number of para-hydroxylation sites is 1. The van der Waals surface area contributed by atoms with Crippen molar-refractivity contribution in [1.29, 1.82) is 0 Å². The summed E-state index contributed by atoms with van der Waals surface area (Å²) in [6.45, 7) is 1.65. The van der Waals surface area contributed by atoms with Crippen molar-refractivity contribution in [3.8, 4) is 5.75 Å². The van der Waals surface area contributed by atoms with Crippen molar-refractivity contribution >= 4 is 103 Å². The molecule has 6 amide bonds. The van der Waals surface area contributed by atoms with Crippen molar-refractivity contribution < 1.29 is 93.3 Å². The Balaban J connectivity index is 1.41. The summed E-state index contributed by atoms with van der Waals surface area (Å²) < 4.78 is 0. The van der Waals surface area contributed by atoms with Gasteiger partial charge in [0.05, 0.1) is 56.3 Å². The van der Waals surface area contributed by atoms with Gasteiger partial charge in [0, 0.05) is 107 Å². The molecule has 2 aliphatic rings. The molecule has 4 aromatic rings. The zero-order valence-corrected chi connectivity index (χ0v) is 57.5. The third-order valence-electron chi connectivity index (χ3n) is 17.1. The molecule has 0 saturated carbocycles. The number of hydrogen-bond donors (Lipinski definition) is 15. The van der Waals surface area contributed by atoms with Crippen LogP contribution in [0.15, 0.2) is 85.1 Å². The van der Waals surface area contributed by atoms with Crippen LogP contribution in [0.1, 0.15) is 62.6 Å². The summed E-state index contributed by atoms with van der Waals surface area (Å²) in [5.74, 6) is -15.6. The highest BCUT2D eigenvalue weighted by atomic mass is 33.1. The van der Waals surface area contributed by atoms with Gasteiger partial charge in [-0.25, -0.2) is 4.79 Å². The minimum Gasteiger partial charge on any atom is -0.508 e. The van der Waals surface area contributed by atoms with Crippen LogP contribution in [0.2, 0.25) is 0 Å². The average molecular weight is 1430 g/mol. The molecule has 2 fully saturated rings. The summed E-state index contributed by atoms with van der Waals surface area (Å²) in [4.78, 5) is 176. The number of carbonyl (C=O) groups excluding carboxylic acids is 8. The van der Waals surface area contributed by atoms with Crippen LogP contribution < -0.4 is 37.6 Å². The van der Waals surface area contributed by atoms with Crippen LogP contribution in [-0.4, -0.2) is 276 Å². The number of carboxylic acid groups (broad SMARTS) is 4. The monoisotopic (exact) mass is 1430 g/mol. The van der Waals surface area contributed by atoms with E-state index < -0.39 is 164 Å². The van der Waals surface area contributed by atoms with E-state index in [1.807, 2.05) is 0 Å². The Kier molecular flexibility index (Phi) is 32.7. The molecule has 2 aliphatic heterocycles. The first-order valence-corrected chi connectivity index (χ1v) is 35.5. The number of phenols is 1. The van der Waals surface area contributed by atoms with Crippen LogP contribution in [0, 0.1) is 11.8 Å². The van der Waals surface area contributed by atoms with Crippen LogP contribution in [0.3, 0.4) is 0 Å². The number of carboxylic acids is 4. The van der Waals surface area contributed by atoms with E-state index in [-0.39, 0.29) is 115 Å². The van der Waals surface area contributed by atoms with E-state index in [4.69, 9.17) is 5.73 Å². The maximum atomic E-state index is 15.4. The Morgan fingerprint density at radius 1 is 0.600 bits per heavy atom. The zero-order chi connectivity index (χ0) is 73.0. The van der Waals surface area contributed by atoms with E-state index in [1.54, 1.807) is 80.4 Å². The fraction of sp³-hybridized carbons (Fsp3) is 0.522. The summed E-state index contributed by atoms with van der Waals surface area (Å²) in [6, 6.07) is 12.0. The number of Topliss-reactive ketones (excluding diaryl/α,β-unsaturated/α-hetero) is 2. The lowest BCUT2D eigenvalue weighted by Gasteiger charge is -2.33. The number of nitrogens with two attached hydrogens (primary N) is 1. The number of nitrogens with one attached hydrogen (secondary N) is 7. The summed E-state index contributed by atoms with van der Waals surface area (Å²) in [5.41, 5.74) is 8.08. The number of nitrogens with zero attached hydrogens (tertiary/aromatic N) is 4. The number of aromatic hydroxyl groups is 1. The highest BCUT2D eigenvalue weighted by molar-refractivity contribution is 8.76. The number of aliphatic hydroxyl groups excluding tert-OH is 2. The summed E-state index contributed by atoms with van der Waals surface area (Å²) in [6.07, 6.45) is -2.98. The molecular formula is C67H92N12O19S2. The molecule has 16 N–H and O–H groups in total. The van der Waals surface area contributed by atoms with E-state index in [0.29, 0.717) is 34.0 Å². The zero-order valence-electron chi connectivity index (χ0n) is 55.8. The van der Waals surface area contributed by atoms with Gasteiger partial charge in [0.25, 0.3) is 0 Å². The first-order valence-electron chi connectivity index (χ1n) is 33.0. The van der Waals surface area contributed by atoms with Crippen LogP contribution in [0.5, 0.6) is 5.75 Å². The average Bonchev–Trinajstić information content (AvgIpc) is 1.54. The summed E-state index contributed by atoms with van der Waals surface area (Å²) in [5, 5.41) is 87.7. The number of amides is 6. The topological polar surface area (TPSA) is 473 Å². The van der Waals surface area contributed by atoms with Gasteiger partial charge in [0.15, 0.2) is 17.6 Å². The fourth-order valence-corrected chi connectivity index (χ4v) is 14.2. The quantitative estimate of drug-likeness (QED) is 0.0246. The number of benzene rings is 3. The third-order valence-corrected chi connectivity index (χ3v) is 19.7. The highest BCUT2D eigenvalue weighted by Crippen LogP contribution is 2.30. The first-order chi connectivity index (χ1) is 47.7. The van der Waals surface area contributed by atoms with Gasteiger partial charge in [-0.3, -0.25) is 72.3 Å². The molecular weight excluding hydrogens is 1340 g/mol. The van der Waals surface area contributed by atoms with Crippen LogP contribution in [0.4, 0.5) is 0 Å². The highest BCUT2D eigenvalue weighted by Gasteiger charge is 2.38. The number of ketones is 2. The summed E-state index contributed by atoms with van der Waals surface area (Å²) >= 11 is 0. The molecule has 3 heterocycles. The molecule has 2 saturated heterocycles. The lowest BCUT2D eigenvalue weighted by molar-refractivity contribution is -0.145. The first kappa shape index (κ1) is 80.4. The van der Waals surface area contributed by atoms with Gasteiger partial charge < -0.3 is 78.4 Å². The molecule has 546 valence electrons. The van der Waals surface area contributed by atoms with Gasteiger partial charge in [0.1, 0.15) is 29.9 Å². The van der Waals surface area contributed by atoms with E-state index in [2.05, 4.69) is 36.9 Å². The van der Waals surface area contributed by atoms with E-state index in [1.165, 1.54) is 31.2 Å². The Morgan fingerprint density at radius 2 is 1.12 bits per heavy atom. The molecule has 31 nitrogen and oxygen atoms in total. The predicted molar refractivity (Wildman–Crippen MR) is 369 cm³/mol. The second-order valence-corrected chi connectivity index (χ2v) is 27.6. The van der Waals surface area contributed by atoms with Crippen LogP contribution in [-0.2, 0) is 76.8 Å². The Bertz CT molecular complexity index is 3410. The van der Waals surface area contributed by atoms with Crippen molar-refractivity contribution in [2.75, 3.05) is 96.6 Å². The molecule has 3 aromatic carbocycles. The number of hydrogen-bond acceptors (Lipinski definition) is 22. The van der Waals surface area contributed by atoms with Crippen molar-refractivity contribution in [2.24, 2.45) is 17.6 Å². The smallest absolute Gasteiger partial charge is 0.328 e. The molecule has 6 unspecified atom stereocenters. The van der Waals surface area contributed by atoms with Gasteiger partial charge in [0.2, 0.25) is 35.4 Å². The summed E-state index contributed by atoms with van der Waals surface area (Å²) in [7, 11) is 1.86. The van der Waals surface area contributed by atoms with Crippen molar-refractivity contribution in [3.63, 3.8) is 0 Å². The minimum atomic E-state index is -1.86. The molecule has 0 aliphatic carbocycles. The number of phenolic OH excluding ortho intramolecular Hbond substituents is 1. The van der Waals surface area contributed by atoms with Gasteiger partial charge in [-0.15, -0.1) is 0 Å². The Labute approximate surface area is 585 Å². The minimum absolute atomic E-state index is 0.0604.